The molecule has 1 aromatic carbocycles. The standard InChI is InChI=1S/C12H10F6O/c13-11(14,15)8-4-7(10-2-1-3-19-10)5-9(6-8)12(16,17)18/h4-6,10H,1-3H2. The molecule has 0 radical (unpaired) electrons. The highest BCUT2D eigenvalue weighted by Gasteiger charge is 2.37. The topological polar surface area (TPSA) is 9.23 Å². The van der Waals surface area contributed by atoms with E-state index in [0.29, 0.717) is 19.4 Å². The van der Waals surface area contributed by atoms with E-state index in [1.54, 1.807) is 0 Å². The predicted octanol–water partition coefficient (Wildman–Crippen LogP) is 4.58. The summed E-state index contributed by atoms with van der Waals surface area (Å²) < 4.78 is 80.8. The largest absolute Gasteiger partial charge is 0.416 e. The monoisotopic (exact) mass is 284 g/mol. The molecule has 0 spiro atoms. The maximum absolute atomic E-state index is 12.6. The van der Waals surface area contributed by atoms with E-state index in [0.717, 1.165) is 12.1 Å². The van der Waals surface area contributed by atoms with Gasteiger partial charge in [0.15, 0.2) is 0 Å². The van der Waals surface area contributed by atoms with Gasteiger partial charge in [-0.1, -0.05) is 0 Å². The van der Waals surface area contributed by atoms with Gasteiger partial charge in [-0.15, -0.1) is 0 Å². The van der Waals surface area contributed by atoms with Crippen molar-refractivity contribution in [2.75, 3.05) is 6.61 Å². The van der Waals surface area contributed by atoms with Crippen molar-refractivity contribution >= 4 is 0 Å². The van der Waals surface area contributed by atoms with Gasteiger partial charge in [0, 0.05) is 6.61 Å². The molecule has 0 amide bonds. The van der Waals surface area contributed by atoms with Crippen molar-refractivity contribution in [2.45, 2.75) is 31.3 Å². The van der Waals surface area contributed by atoms with Gasteiger partial charge in [-0.25, -0.2) is 0 Å². The Morgan fingerprint density at radius 1 is 0.895 bits per heavy atom. The normalized spacial score (nSPS) is 20.8. The van der Waals surface area contributed by atoms with E-state index in [4.69, 9.17) is 4.74 Å². The molecule has 1 unspecified atom stereocenters. The molecular weight excluding hydrogens is 274 g/mol. The summed E-state index contributed by atoms with van der Waals surface area (Å²) >= 11 is 0. The molecule has 1 aliphatic rings. The number of benzene rings is 1. The number of ether oxygens (including phenoxy) is 1. The van der Waals surface area contributed by atoms with Gasteiger partial charge in [-0.05, 0) is 36.6 Å². The molecule has 1 nitrogen and oxygen atoms in total. The lowest BCUT2D eigenvalue weighted by atomic mass is 9.99. The molecule has 0 N–H and O–H groups in total. The lowest BCUT2D eigenvalue weighted by molar-refractivity contribution is -0.143. The summed E-state index contributed by atoms with van der Waals surface area (Å²) in [5.41, 5.74) is -2.67. The van der Waals surface area contributed by atoms with E-state index in [1.807, 2.05) is 0 Å². The molecule has 0 saturated carbocycles. The van der Waals surface area contributed by atoms with E-state index in [9.17, 15) is 26.3 Å². The zero-order valence-corrected chi connectivity index (χ0v) is 9.61. The first-order valence-corrected chi connectivity index (χ1v) is 5.59. The van der Waals surface area contributed by atoms with Crippen LogP contribution in [0.5, 0.6) is 0 Å². The Morgan fingerprint density at radius 3 is 1.79 bits per heavy atom. The third kappa shape index (κ3) is 3.20. The van der Waals surface area contributed by atoms with Crippen LogP contribution in [-0.2, 0) is 17.1 Å². The van der Waals surface area contributed by atoms with Crippen molar-refractivity contribution in [3.63, 3.8) is 0 Å². The first-order valence-electron chi connectivity index (χ1n) is 5.59. The summed E-state index contributed by atoms with van der Waals surface area (Å²) in [5.74, 6) is 0. The van der Waals surface area contributed by atoms with Crippen molar-refractivity contribution in [1.29, 1.82) is 0 Å². The summed E-state index contributed by atoms with van der Waals surface area (Å²) in [7, 11) is 0. The highest BCUT2D eigenvalue weighted by molar-refractivity contribution is 5.35. The quantitative estimate of drug-likeness (QED) is 0.686. The second-order valence-electron chi connectivity index (χ2n) is 4.34. The second kappa shape index (κ2) is 4.70. The minimum atomic E-state index is -4.81. The van der Waals surface area contributed by atoms with Crippen molar-refractivity contribution in [3.8, 4) is 0 Å². The maximum atomic E-state index is 12.6. The Kier molecular flexibility index (Phi) is 3.51. The zero-order valence-electron chi connectivity index (χ0n) is 9.61. The number of rotatable bonds is 1. The SMILES string of the molecule is FC(F)(F)c1cc(C2CCCO2)cc(C(F)(F)F)c1. The average Bonchev–Trinajstić information content (AvgIpc) is 2.79. The number of hydrogen-bond acceptors (Lipinski definition) is 1. The highest BCUT2D eigenvalue weighted by atomic mass is 19.4. The van der Waals surface area contributed by atoms with Crippen LogP contribution in [0.1, 0.15) is 35.6 Å². The van der Waals surface area contributed by atoms with Crippen LogP contribution in [0, 0.1) is 0 Å². The Labute approximate surface area is 105 Å². The van der Waals surface area contributed by atoms with Gasteiger partial charge in [0.25, 0.3) is 0 Å². The van der Waals surface area contributed by atoms with Crippen LogP contribution in [0.25, 0.3) is 0 Å². The second-order valence-corrected chi connectivity index (χ2v) is 4.34. The third-order valence-electron chi connectivity index (χ3n) is 2.91. The van der Waals surface area contributed by atoms with Gasteiger partial charge >= 0.3 is 12.4 Å². The van der Waals surface area contributed by atoms with Crippen LogP contribution in [0.4, 0.5) is 26.3 Å². The van der Waals surface area contributed by atoms with E-state index in [2.05, 4.69) is 0 Å². The summed E-state index contributed by atoms with van der Waals surface area (Å²) in [4.78, 5) is 0. The van der Waals surface area contributed by atoms with Crippen molar-refractivity contribution < 1.29 is 31.1 Å². The van der Waals surface area contributed by atoms with Gasteiger partial charge in [0.1, 0.15) is 0 Å². The molecule has 0 bridgehead atoms. The molecule has 1 fully saturated rings. The van der Waals surface area contributed by atoms with Crippen molar-refractivity contribution in [2.24, 2.45) is 0 Å². The molecule has 0 aliphatic carbocycles. The minimum absolute atomic E-state index is 0.0698. The van der Waals surface area contributed by atoms with Gasteiger partial charge < -0.3 is 4.74 Å². The molecule has 106 valence electrons. The van der Waals surface area contributed by atoms with Gasteiger partial charge in [-0.3, -0.25) is 0 Å². The lowest BCUT2D eigenvalue weighted by Crippen LogP contribution is -2.12. The summed E-state index contributed by atoms with van der Waals surface area (Å²) in [6.45, 7) is 0.349. The average molecular weight is 284 g/mol. The van der Waals surface area contributed by atoms with E-state index < -0.39 is 29.6 Å². The molecule has 1 saturated heterocycles. The number of alkyl halides is 6. The minimum Gasteiger partial charge on any atom is -0.374 e. The van der Waals surface area contributed by atoms with Crippen LogP contribution in [0.15, 0.2) is 18.2 Å². The highest BCUT2D eigenvalue weighted by Crippen LogP contribution is 2.39. The molecule has 1 aromatic rings. The molecule has 1 atom stereocenters. The molecule has 7 heteroatoms. The Morgan fingerprint density at radius 2 is 1.42 bits per heavy atom. The maximum Gasteiger partial charge on any atom is 0.416 e. The fraction of sp³-hybridized carbons (Fsp3) is 0.500. The van der Waals surface area contributed by atoms with Gasteiger partial charge in [0.2, 0.25) is 0 Å². The lowest BCUT2D eigenvalue weighted by Gasteiger charge is -2.17. The Balaban J connectivity index is 2.48. The summed E-state index contributed by atoms with van der Waals surface area (Å²) in [6.07, 6.45) is -9.26. The van der Waals surface area contributed by atoms with Crippen LogP contribution in [0.2, 0.25) is 0 Å². The van der Waals surface area contributed by atoms with Gasteiger partial charge in [-0.2, -0.15) is 26.3 Å². The van der Waals surface area contributed by atoms with Crippen molar-refractivity contribution in [3.05, 3.63) is 34.9 Å². The zero-order chi connectivity index (χ0) is 14.3. The molecule has 19 heavy (non-hydrogen) atoms. The van der Waals surface area contributed by atoms with Crippen LogP contribution >= 0.6 is 0 Å². The number of hydrogen-bond donors (Lipinski definition) is 0. The third-order valence-corrected chi connectivity index (χ3v) is 2.91. The number of halogens is 6. The molecular formula is C12H10F6O. The molecule has 2 rings (SSSR count). The van der Waals surface area contributed by atoms with Crippen molar-refractivity contribution in [1.82, 2.24) is 0 Å². The first-order chi connectivity index (χ1) is 8.68. The summed E-state index contributed by atoms with van der Waals surface area (Å²) in [5, 5.41) is 0. The van der Waals surface area contributed by atoms with Crippen LogP contribution < -0.4 is 0 Å². The van der Waals surface area contributed by atoms with Crippen LogP contribution in [-0.4, -0.2) is 6.61 Å². The molecule has 0 aromatic heterocycles. The van der Waals surface area contributed by atoms with E-state index >= 15 is 0 Å². The summed E-state index contributed by atoms with van der Waals surface area (Å²) in [6, 6.07) is 1.58. The van der Waals surface area contributed by atoms with E-state index in [-0.39, 0.29) is 11.6 Å². The molecule has 1 aliphatic heterocycles. The smallest absolute Gasteiger partial charge is 0.374 e. The van der Waals surface area contributed by atoms with Gasteiger partial charge in [0.05, 0.1) is 17.2 Å². The Hall–Kier alpha value is -1.24. The first kappa shape index (κ1) is 14.2. The van der Waals surface area contributed by atoms with E-state index in [1.165, 1.54) is 0 Å². The fourth-order valence-corrected chi connectivity index (χ4v) is 2.01. The molecule has 1 heterocycles. The Bertz CT molecular complexity index is 424. The fourth-order valence-electron chi connectivity index (χ4n) is 2.01. The van der Waals surface area contributed by atoms with Crippen LogP contribution in [0.3, 0.4) is 0 Å². The predicted molar refractivity (Wildman–Crippen MR) is 54.4 cm³/mol.